The maximum Gasteiger partial charge on any atom is 0.227 e. The van der Waals surface area contributed by atoms with Gasteiger partial charge in [0.25, 0.3) is 0 Å². The normalized spacial score (nSPS) is 19.5. The third-order valence-electron chi connectivity index (χ3n) is 6.23. The maximum absolute atomic E-state index is 13.6. The van der Waals surface area contributed by atoms with Crippen LogP contribution in [0.15, 0.2) is 59.8 Å². The summed E-state index contributed by atoms with van der Waals surface area (Å²) >= 11 is 0. The quantitative estimate of drug-likeness (QED) is 0.588. The van der Waals surface area contributed by atoms with Crippen molar-refractivity contribution in [3.05, 3.63) is 65.4 Å². The molecular weight excluding hydrogens is 412 g/mol. The maximum atomic E-state index is 13.6. The first-order valence-corrected chi connectivity index (χ1v) is 11.9. The van der Waals surface area contributed by atoms with E-state index in [0.717, 1.165) is 34.8 Å². The van der Waals surface area contributed by atoms with Crippen LogP contribution >= 0.6 is 0 Å². The van der Waals surface area contributed by atoms with Gasteiger partial charge in [0.05, 0.1) is 24.0 Å². The number of nitrogens with one attached hydrogen (secondary N) is 1. The van der Waals surface area contributed by atoms with Crippen molar-refractivity contribution in [2.24, 2.45) is 11.3 Å². The van der Waals surface area contributed by atoms with Gasteiger partial charge in [0.1, 0.15) is 5.75 Å². The van der Waals surface area contributed by atoms with Crippen LogP contribution < -0.4 is 15.0 Å². The summed E-state index contributed by atoms with van der Waals surface area (Å²) in [7, 11) is 0. The van der Waals surface area contributed by atoms with Gasteiger partial charge in [-0.05, 0) is 47.6 Å². The molecular formula is C28H34N2O3. The van der Waals surface area contributed by atoms with Crippen LogP contribution in [-0.4, -0.2) is 18.3 Å². The first kappa shape index (κ1) is 23.1. The number of amides is 1. The van der Waals surface area contributed by atoms with Gasteiger partial charge in [-0.2, -0.15) is 0 Å². The lowest BCUT2D eigenvalue weighted by atomic mass is 9.73. The number of ketones is 1. The van der Waals surface area contributed by atoms with E-state index in [9.17, 15) is 9.59 Å². The number of fused-ring (bicyclic) bond motifs is 1. The second kappa shape index (κ2) is 9.05. The van der Waals surface area contributed by atoms with Crippen molar-refractivity contribution in [2.75, 3.05) is 16.8 Å². The summed E-state index contributed by atoms with van der Waals surface area (Å²) in [5, 5.41) is 3.54. The van der Waals surface area contributed by atoms with Crippen molar-refractivity contribution >= 4 is 23.1 Å². The topological polar surface area (TPSA) is 58.6 Å². The van der Waals surface area contributed by atoms with Gasteiger partial charge in [-0.3, -0.25) is 14.5 Å². The van der Waals surface area contributed by atoms with Crippen LogP contribution in [0.4, 0.5) is 11.4 Å². The van der Waals surface area contributed by atoms with Crippen LogP contribution in [0.5, 0.6) is 5.75 Å². The Hall–Kier alpha value is -3.08. The lowest BCUT2D eigenvalue weighted by molar-refractivity contribution is -0.119. The molecule has 0 bridgehead atoms. The molecule has 5 heteroatoms. The zero-order valence-corrected chi connectivity index (χ0v) is 20.3. The molecule has 1 aliphatic carbocycles. The zero-order valence-electron chi connectivity index (χ0n) is 20.3. The molecule has 1 atom stereocenters. The smallest absolute Gasteiger partial charge is 0.227 e. The largest absolute Gasteiger partial charge is 0.493 e. The minimum absolute atomic E-state index is 0.0193. The average Bonchev–Trinajstić information content (AvgIpc) is 2.90. The molecule has 0 aromatic heterocycles. The van der Waals surface area contributed by atoms with E-state index in [0.29, 0.717) is 30.9 Å². The highest BCUT2D eigenvalue weighted by molar-refractivity contribution is 6.06. The Bertz CT molecular complexity index is 1100. The number of allylic oxidation sites excluding steroid dienone is 1. The number of rotatable bonds is 5. The number of anilines is 2. The summed E-state index contributed by atoms with van der Waals surface area (Å²) < 4.78 is 6.00. The Morgan fingerprint density at radius 3 is 2.64 bits per heavy atom. The third kappa shape index (κ3) is 4.68. The molecule has 2 aromatic carbocycles. The van der Waals surface area contributed by atoms with Crippen molar-refractivity contribution in [2.45, 2.75) is 59.9 Å². The molecule has 0 unspecified atom stereocenters. The number of ether oxygens (including phenoxy) is 1. The summed E-state index contributed by atoms with van der Waals surface area (Å²) in [6, 6.07) is 15.2. The molecule has 2 aromatic rings. The Kier molecular flexibility index (Phi) is 6.33. The minimum Gasteiger partial charge on any atom is -0.493 e. The number of carbonyl (C=O) groups is 2. The predicted molar refractivity (Wildman–Crippen MR) is 132 cm³/mol. The Labute approximate surface area is 196 Å². The van der Waals surface area contributed by atoms with Gasteiger partial charge in [0, 0.05) is 24.1 Å². The second-order valence-electron chi connectivity index (χ2n) is 10.3. The van der Waals surface area contributed by atoms with E-state index in [1.807, 2.05) is 60.4 Å². The summed E-state index contributed by atoms with van der Waals surface area (Å²) in [5.41, 5.74) is 3.99. The third-order valence-corrected chi connectivity index (χ3v) is 6.23. The molecule has 0 fully saturated rings. The van der Waals surface area contributed by atoms with Gasteiger partial charge in [-0.25, -0.2) is 0 Å². The van der Waals surface area contributed by atoms with Crippen molar-refractivity contribution in [3.63, 3.8) is 0 Å². The lowest BCUT2D eigenvalue weighted by Gasteiger charge is -2.37. The molecule has 0 spiro atoms. The molecule has 1 amide bonds. The van der Waals surface area contributed by atoms with E-state index < -0.39 is 6.04 Å². The molecule has 2 aliphatic rings. The Morgan fingerprint density at radius 2 is 1.91 bits per heavy atom. The fourth-order valence-corrected chi connectivity index (χ4v) is 4.79. The van der Waals surface area contributed by atoms with E-state index in [-0.39, 0.29) is 17.1 Å². The van der Waals surface area contributed by atoms with Crippen LogP contribution in [0, 0.1) is 11.3 Å². The molecule has 4 rings (SSSR count). The minimum atomic E-state index is -0.505. The molecule has 0 saturated heterocycles. The zero-order chi connectivity index (χ0) is 23.8. The van der Waals surface area contributed by atoms with Gasteiger partial charge >= 0.3 is 0 Å². The molecule has 0 saturated carbocycles. The lowest BCUT2D eigenvalue weighted by Crippen LogP contribution is -2.39. The monoisotopic (exact) mass is 446 g/mol. The van der Waals surface area contributed by atoms with Crippen LogP contribution in [0.25, 0.3) is 0 Å². The van der Waals surface area contributed by atoms with Crippen LogP contribution in [-0.2, 0) is 9.59 Å². The van der Waals surface area contributed by atoms with Crippen molar-refractivity contribution in [3.8, 4) is 5.75 Å². The highest BCUT2D eigenvalue weighted by Gasteiger charge is 2.43. The molecule has 1 aliphatic heterocycles. The predicted octanol–water partition coefficient (Wildman–Crippen LogP) is 6.27. The average molecular weight is 447 g/mol. The van der Waals surface area contributed by atoms with Gasteiger partial charge in [-0.1, -0.05) is 58.9 Å². The number of hydrogen-bond acceptors (Lipinski definition) is 4. The van der Waals surface area contributed by atoms with Gasteiger partial charge in [-0.15, -0.1) is 0 Å². The summed E-state index contributed by atoms with van der Waals surface area (Å²) in [4.78, 5) is 28.8. The summed E-state index contributed by atoms with van der Waals surface area (Å²) in [6.07, 6.45) is 1.55. The van der Waals surface area contributed by atoms with E-state index in [4.69, 9.17) is 4.74 Å². The first-order valence-electron chi connectivity index (χ1n) is 11.9. The van der Waals surface area contributed by atoms with Gasteiger partial charge in [0.2, 0.25) is 5.91 Å². The fraction of sp³-hybridized carbons (Fsp3) is 0.429. The number of carbonyl (C=O) groups excluding carboxylic acids is 2. The number of benzene rings is 2. The Morgan fingerprint density at radius 1 is 1.15 bits per heavy atom. The van der Waals surface area contributed by atoms with Crippen molar-refractivity contribution < 1.29 is 14.3 Å². The van der Waals surface area contributed by atoms with E-state index in [1.165, 1.54) is 0 Å². The number of para-hydroxylation sites is 2. The standard InChI is InChI=1S/C28H34N2O3/c1-6-25(32)30-23-13-8-7-12-21(23)29-22-15-28(4,5)16-24(31)26(22)27(30)19-10-9-11-20(14-19)33-17-18(2)3/h7-14,18,27,29H,6,15-17H2,1-5H3/t27-/m0/s1. The molecule has 33 heavy (non-hydrogen) atoms. The van der Waals surface area contributed by atoms with Gasteiger partial charge in [0.15, 0.2) is 5.78 Å². The highest BCUT2D eigenvalue weighted by atomic mass is 16.5. The molecule has 174 valence electrons. The van der Waals surface area contributed by atoms with Gasteiger partial charge < -0.3 is 10.1 Å². The van der Waals surface area contributed by atoms with Crippen molar-refractivity contribution in [1.29, 1.82) is 0 Å². The van der Waals surface area contributed by atoms with E-state index in [2.05, 4.69) is 33.0 Å². The number of Topliss-reactive ketones (excluding diaryl/α,β-unsaturated/α-hetero) is 1. The van der Waals surface area contributed by atoms with Crippen LogP contribution in [0.1, 0.15) is 65.5 Å². The fourth-order valence-electron chi connectivity index (χ4n) is 4.79. The molecule has 0 radical (unpaired) electrons. The molecule has 1 heterocycles. The second-order valence-corrected chi connectivity index (χ2v) is 10.3. The van der Waals surface area contributed by atoms with E-state index >= 15 is 0 Å². The van der Waals surface area contributed by atoms with Crippen LogP contribution in [0.2, 0.25) is 0 Å². The van der Waals surface area contributed by atoms with Crippen molar-refractivity contribution in [1.82, 2.24) is 0 Å². The Balaban J connectivity index is 1.93. The first-order chi connectivity index (χ1) is 15.7. The summed E-state index contributed by atoms with van der Waals surface area (Å²) in [5.74, 6) is 1.22. The molecule has 1 N–H and O–H groups in total. The van der Waals surface area contributed by atoms with E-state index in [1.54, 1.807) is 0 Å². The number of nitrogens with zero attached hydrogens (tertiary/aromatic N) is 1. The van der Waals surface area contributed by atoms with Crippen LogP contribution in [0.3, 0.4) is 0 Å². The summed E-state index contributed by atoms with van der Waals surface area (Å²) in [6.45, 7) is 10.9. The molecule has 5 nitrogen and oxygen atoms in total. The highest BCUT2D eigenvalue weighted by Crippen LogP contribution is 2.48. The number of hydrogen-bond donors (Lipinski definition) is 1. The SMILES string of the molecule is CCC(=O)N1c2ccccc2NC2=C(C(=O)CC(C)(C)C2)[C@@H]1c1cccc(OCC(C)C)c1.